The Bertz CT molecular complexity index is 596. The second kappa shape index (κ2) is 5.71. The van der Waals surface area contributed by atoms with Crippen molar-refractivity contribution in [2.24, 2.45) is 7.05 Å². The van der Waals surface area contributed by atoms with E-state index in [0.717, 1.165) is 6.54 Å². The molecular weight excluding hydrogens is 266 g/mol. The number of aryl methyl sites for hydroxylation is 1. The highest BCUT2D eigenvalue weighted by Crippen LogP contribution is 2.19. The lowest BCUT2D eigenvalue weighted by molar-refractivity contribution is 0.102. The van der Waals surface area contributed by atoms with E-state index in [2.05, 4.69) is 20.7 Å². The number of aromatic nitrogens is 3. The van der Waals surface area contributed by atoms with E-state index in [4.69, 9.17) is 11.6 Å². The van der Waals surface area contributed by atoms with Gasteiger partial charge in [-0.1, -0.05) is 11.6 Å². The third kappa shape index (κ3) is 3.03. The van der Waals surface area contributed by atoms with Gasteiger partial charge < -0.3 is 10.6 Å². The van der Waals surface area contributed by atoms with E-state index in [9.17, 15) is 4.79 Å². The molecule has 7 heteroatoms. The monoisotopic (exact) mass is 279 g/mol. The maximum Gasteiger partial charge on any atom is 0.258 e. The van der Waals surface area contributed by atoms with Crippen LogP contribution in [-0.4, -0.2) is 27.2 Å². The maximum absolute atomic E-state index is 12.1. The average molecular weight is 280 g/mol. The van der Waals surface area contributed by atoms with Crippen LogP contribution in [0.5, 0.6) is 0 Å². The van der Waals surface area contributed by atoms with Crippen molar-refractivity contribution < 1.29 is 4.79 Å². The quantitative estimate of drug-likeness (QED) is 0.899. The van der Waals surface area contributed by atoms with Crippen LogP contribution in [0.4, 0.5) is 11.6 Å². The Hall–Kier alpha value is -2.08. The highest BCUT2D eigenvalue weighted by Gasteiger charge is 2.13. The Morgan fingerprint density at radius 1 is 1.53 bits per heavy atom. The number of carbonyl (C=O) groups is 1. The molecule has 0 atom stereocenters. The van der Waals surface area contributed by atoms with Crippen LogP contribution in [0.3, 0.4) is 0 Å². The fourth-order valence-electron chi connectivity index (χ4n) is 1.57. The van der Waals surface area contributed by atoms with Crippen LogP contribution in [0.1, 0.15) is 17.3 Å². The summed E-state index contributed by atoms with van der Waals surface area (Å²) >= 11 is 6.00. The molecule has 0 unspecified atom stereocenters. The zero-order valence-corrected chi connectivity index (χ0v) is 11.4. The molecule has 0 fully saturated rings. The highest BCUT2D eigenvalue weighted by atomic mass is 35.5. The third-order valence-corrected chi connectivity index (χ3v) is 2.82. The van der Waals surface area contributed by atoms with Crippen molar-refractivity contribution in [2.75, 3.05) is 17.2 Å². The summed E-state index contributed by atoms with van der Waals surface area (Å²) < 4.78 is 1.57. The summed E-state index contributed by atoms with van der Waals surface area (Å²) in [5.74, 6) is 0.917. The third-order valence-electron chi connectivity index (χ3n) is 2.52. The molecule has 0 spiro atoms. The molecule has 2 heterocycles. The van der Waals surface area contributed by atoms with Gasteiger partial charge in [-0.15, -0.1) is 0 Å². The fourth-order valence-corrected chi connectivity index (χ4v) is 1.76. The topological polar surface area (TPSA) is 71.8 Å². The first kappa shape index (κ1) is 13.4. The van der Waals surface area contributed by atoms with Crippen molar-refractivity contribution >= 4 is 29.1 Å². The molecule has 0 saturated heterocycles. The van der Waals surface area contributed by atoms with Gasteiger partial charge in [0.25, 0.3) is 5.91 Å². The van der Waals surface area contributed by atoms with Crippen LogP contribution in [0.2, 0.25) is 5.02 Å². The minimum absolute atomic E-state index is 0.296. The highest BCUT2D eigenvalue weighted by molar-refractivity contribution is 6.34. The number of amides is 1. The van der Waals surface area contributed by atoms with Gasteiger partial charge in [-0.3, -0.25) is 9.48 Å². The van der Waals surface area contributed by atoms with E-state index in [1.165, 1.54) is 6.20 Å². The molecule has 0 aliphatic rings. The second-order valence-electron chi connectivity index (χ2n) is 3.87. The van der Waals surface area contributed by atoms with Crippen molar-refractivity contribution in [3.05, 3.63) is 35.1 Å². The molecule has 0 aromatic carbocycles. The van der Waals surface area contributed by atoms with Crippen LogP contribution in [0.15, 0.2) is 24.5 Å². The summed E-state index contributed by atoms with van der Waals surface area (Å²) in [5, 5.41) is 10.1. The number of nitrogens with zero attached hydrogens (tertiary/aromatic N) is 3. The lowest BCUT2D eigenvalue weighted by atomic mass is 10.2. The van der Waals surface area contributed by atoms with Gasteiger partial charge in [-0.05, 0) is 13.0 Å². The molecule has 2 aromatic rings. The van der Waals surface area contributed by atoms with E-state index in [-0.39, 0.29) is 5.91 Å². The predicted molar refractivity (Wildman–Crippen MR) is 74.6 cm³/mol. The summed E-state index contributed by atoms with van der Waals surface area (Å²) in [6.07, 6.45) is 3.06. The maximum atomic E-state index is 12.1. The molecule has 1 amide bonds. The first-order chi connectivity index (χ1) is 9.11. The number of nitrogens with one attached hydrogen (secondary N) is 2. The summed E-state index contributed by atoms with van der Waals surface area (Å²) in [7, 11) is 1.74. The molecule has 2 N–H and O–H groups in total. The molecule has 0 aliphatic carbocycles. The summed E-state index contributed by atoms with van der Waals surface area (Å²) in [6, 6.07) is 3.33. The van der Waals surface area contributed by atoms with Gasteiger partial charge in [0.1, 0.15) is 11.6 Å². The predicted octanol–water partition coefficient (Wildman–Crippen LogP) is 2.15. The van der Waals surface area contributed by atoms with Crippen molar-refractivity contribution in [1.29, 1.82) is 0 Å². The van der Waals surface area contributed by atoms with Crippen molar-refractivity contribution in [1.82, 2.24) is 14.8 Å². The van der Waals surface area contributed by atoms with Crippen molar-refractivity contribution in [2.45, 2.75) is 6.92 Å². The minimum atomic E-state index is -0.296. The first-order valence-corrected chi connectivity index (χ1v) is 6.18. The largest absolute Gasteiger partial charge is 0.370 e. The van der Waals surface area contributed by atoms with Crippen LogP contribution >= 0.6 is 11.6 Å². The van der Waals surface area contributed by atoms with E-state index >= 15 is 0 Å². The zero-order valence-electron chi connectivity index (χ0n) is 10.6. The number of pyridine rings is 1. The van der Waals surface area contributed by atoms with Gasteiger partial charge in [0, 0.05) is 25.9 Å². The van der Waals surface area contributed by atoms with Crippen molar-refractivity contribution in [3.63, 3.8) is 0 Å². The molecule has 0 radical (unpaired) electrons. The first-order valence-electron chi connectivity index (χ1n) is 5.80. The Morgan fingerprint density at radius 2 is 2.32 bits per heavy atom. The molecule has 100 valence electrons. The van der Waals surface area contributed by atoms with Gasteiger partial charge in [-0.2, -0.15) is 5.10 Å². The molecule has 0 aliphatic heterocycles. The normalized spacial score (nSPS) is 10.3. The van der Waals surface area contributed by atoms with Crippen LogP contribution < -0.4 is 10.6 Å². The number of anilines is 2. The van der Waals surface area contributed by atoms with Gasteiger partial charge in [0.2, 0.25) is 0 Å². The van der Waals surface area contributed by atoms with E-state index < -0.39 is 0 Å². The van der Waals surface area contributed by atoms with E-state index in [1.54, 1.807) is 30.1 Å². The van der Waals surface area contributed by atoms with Gasteiger partial charge in [0.15, 0.2) is 0 Å². The Balaban J connectivity index is 2.23. The number of hydrogen-bond acceptors (Lipinski definition) is 4. The Kier molecular flexibility index (Phi) is 4.01. The van der Waals surface area contributed by atoms with Crippen molar-refractivity contribution in [3.8, 4) is 0 Å². The van der Waals surface area contributed by atoms with Gasteiger partial charge in [-0.25, -0.2) is 4.98 Å². The Morgan fingerprint density at radius 3 is 2.95 bits per heavy atom. The number of rotatable bonds is 4. The standard InChI is InChI=1S/C12H14ClN5O/c1-3-14-10-6-8(9(13)7-15-10)12(19)17-11-4-5-16-18(11)2/h4-7H,3H2,1-2H3,(H,14,15)(H,17,19). The number of halogens is 1. The van der Waals surface area contributed by atoms with E-state index in [1.807, 2.05) is 6.92 Å². The zero-order chi connectivity index (χ0) is 13.8. The van der Waals surface area contributed by atoms with Crippen LogP contribution in [-0.2, 0) is 7.05 Å². The molecular formula is C12H14ClN5O. The summed E-state index contributed by atoms with van der Waals surface area (Å²) in [5.41, 5.74) is 0.369. The summed E-state index contributed by atoms with van der Waals surface area (Å²) in [6.45, 7) is 2.67. The molecule has 6 nitrogen and oxygen atoms in total. The lowest BCUT2D eigenvalue weighted by Crippen LogP contribution is -2.15. The van der Waals surface area contributed by atoms with Gasteiger partial charge in [0.05, 0.1) is 16.8 Å². The molecule has 2 aromatic heterocycles. The number of hydrogen-bond donors (Lipinski definition) is 2. The van der Waals surface area contributed by atoms with Crippen LogP contribution in [0, 0.1) is 0 Å². The minimum Gasteiger partial charge on any atom is -0.370 e. The number of carbonyl (C=O) groups excluding carboxylic acids is 1. The Labute approximate surface area is 115 Å². The smallest absolute Gasteiger partial charge is 0.258 e. The fraction of sp³-hybridized carbons (Fsp3) is 0.250. The average Bonchev–Trinajstić information content (AvgIpc) is 2.77. The summed E-state index contributed by atoms with van der Waals surface area (Å²) in [4.78, 5) is 16.2. The van der Waals surface area contributed by atoms with Crippen LogP contribution in [0.25, 0.3) is 0 Å². The molecule has 0 saturated carbocycles. The second-order valence-corrected chi connectivity index (χ2v) is 4.28. The molecule has 0 bridgehead atoms. The van der Waals surface area contributed by atoms with E-state index in [0.29, 0.717) is 22.2 Å². The molecule has 19 heavy (non-hydrogen) atoms. The molecule has 2 rings (SSSR count). The lowest BCUT2D eigenvalue weighted by Gasteiger charge is -2.08. The SMILES string of the molecule is CCNc1cc(C(=O)Nc2ccnn2C)c(Cl)cn1. The van der Waals surface area contributed by atoms with Gasteiger partial charge >= 0.3 is 0 Å².